The molecule has 4 fully saturated rings. The van der Waals surface area contributed by atoms with Crippen molar-refractivity contribution in [2.45, 2.75) is 50.5 Å². The number of fused-ring (bicyclic) bond motifs is 1. The fourth-order valence-corrected chi connectivity index (χ4v) is 8.33. The first-order valence-corrected chi connectivity index (χ1v) is 18.9. The first kappa shape index (κ1) is 34.8. The highest BCUT2D eigenvalue weighted by molar-refractivity contribution is 6.01. The summed E-state index contributed by atoms with van der Waals surface area (Å²) < 4.78 is 2.10. The second-order valence-electron chi connectivity index (χ2n) is 15.2. The lowest BCUT2D eigenvalue weighted by molar-refractivity contribution is -0.134. The third kappa shape index (κ3) is 7.22. The van der Waals surface area contributed by atoms with Crippen molar-refractivity contribution in [3.05, 3.63) is 77.6 Å². The molecule has 2 N–H and O–H groups in total. The molecule has 3 saturated heterocycles. The van der Waals surface area contributed by atoms with E-state index in [9.17, 15) is 19.2 Å². The van der Waals surface area contributed by atoms with Gasteiger partial charge in [0, 0.05) is 107 Å². The molecule has 0 spiro atoms. The number of imide groups is 1. The first-order chi connectivity index (χ1) is 25.7. The molecule has 13 nitrogen and oxygen atoms in total. The Hall–Kier alpha value is -5.30. The van der Waals surface area contributed by atoms with Gasteiger partial charge < -0.3 is 24.6 Å². The number of anilines is 3. The number of hydrogen-bond acceptors (Lipinski definition) is 9. The molecule has 2 aromatic carbocycles. The van der Waals surface area contributed by atoms with Crippen molar-refractivity contribution in [3.8, 4) is 0 Å². The van der Waals surface area contributed by atoms with Gasteiger partial charge >= 0.3 is 0 Å². The lowest BCUT2D eigenvalue weighted by Gasteiger charge is -2.45. The molecule has 13 heteroatoms. The van der Waals surface area contributed by atoms with Gasteiger partial charge in [-0.3, -0.25) is 29.4 Å². The monoisotopic (exact) mass is 717 g/mol. The van der Waals surface area contributed by atoms with Crippen LogP contribution >= 0.6 is 0 Å². The third-order valence-electron chi connectivity index (χ3n) is 11.3. The maximum Gasteiger partial charge on any atom is 0.270 e. The summed E-state index contributed by atoms with van der Waals surface area (Å²) in [6, 6.07) is 17.8. The minimum absolute atomic E-state index is 0.0367. The van der Waals surface area contributed by atoms with E-state index >= 15 is 0 Å². The molecular weight excluding hydrogens is 670 g/mol. The Morgan fingerprint density at radius 1 is 0.925 bits per heavy atom. The summed E-state index contributed by atoms with van der Waals surface area (Å²) in [5.74, 6) is 0.378. The zero-order valence-corrected chi connectivity index (χ0v) is 30.5. The molecule has 5 heterocycles. The number of amides is 4. The molecule has 1 aliphatic carbocycles. The van der Waals surface area contributed by atoms with Gasteiger partial charge in [-0.2, -0.15) is 4.98 Å². The molecule has 1 atom stereocenters. The number of piperazine rings is 1. The number of rotatable bonds is 9. The predicted octanol–water partition coefficient (Wildman–Crippen LogP) is 4.41. The smallest absolute Gasteiger partial charge is 0.270 e. The lowest BCUT2D eigenvalue weighted by Crippen LogP contribution is -2.55. The summed E-state index contributed by atoms with van der Waals surface area (Å²) in [5.41, 5.74) is 4.96. The average molecular weight is 718 g/mol. The predicted molar refractivity (Wildman–Crippen MR) is 202 cm³/mol. The van der Waals surface area contributed by atoms with Crippen LogP contribution in [0.25, 0.3) is 11.0 Å². The van der Waals surface area contributed by atoms with Crippen LogP contribution < -0.4 is 15.5 Å². The Labute approximate surface area is 309 Å². The minimum atomic E-state index is -0.257. The highest BCUT2D eigenvalue weighted by Gasteiger charge is 2.32. The molecule has 3 aliphatic heterocycles. The molecule has 1 saturated carbocycles. The van der Waals surface area contributed by atoms with Crippen molar-refractivity contribution >= 4 is 52.0 Å². The minimum Gasteiger partial charge on any atom is -0.371 e. The molecule has 276 valence electrons. The van der Waals surface area contributed by atoms with E-state index in [0.29, 0.717) is 49.1 Å². The van der Waals surface area contributed by atoms with Crippen LogP contribution in [0.2, 0.25) is 0 Å². The summed E-state index contributed by atoms with van der Waals surface area (Å²) in [5, 5.41) is 6.59. The highest BCUT2D eigenvalue weighted by atomic mass is 16.2. The zero-order chi connectivity index (χ0) is 36.6. The fraction of sp³-hybridized carbons (Fsp3) is 0.450. The van der Waals surface area contributed by atoms with Crippen LogP contribution in [0.15, 0.2) is 60.8 Å². The van der Waals surface area contributed by atoms with Crippen molar-refractivity contribution in [1.29, 1.82) is 0 Å². The largest absolute Gasteiger partial charge is 0.371 e. The van der Waals surface area contributed by atoms with Gasteiger partial charge in [-0.1, -0.05) is 25.0 Å². The van der Waals surface area contributed by atoms with E-state index in [1.54, 1.807) is 25.2 Å². The lowest BCUT2D eigenvalue weighted by atomic mass is 9.90. The molecular formula is C40H47N9O4. The van der Waals surface area contributed by atoms with Gasteiger partial charge in [0.05, 0.1) is 5.92 Å². The quantitative estimate of drug-likeness (QED) is 0.242. The number of nitrogens with zero attached hydrogens (tertiary/aromatic N) is 7. The van der Waals surface area contributed by atoms with Crippen molar-refractivity contribution in [3.63, 3.8) is 0 Å². The second kappa shape index (κ2) is 14.6. The van der Waals surface area contributed by atoms with Gasteiger partial charge in [0.1, 0.15) is 11.3 Å². The number of aromatic nitrogens is 3. The topological polar surface area (TPSA) is 136 Å². The van der Waals surface area contributed by atoms with Crippen LogP contribution in [0.3, 0.4) is 0 Å². The van der Waals surface area contributed by atoms with E-state index in [2.05, 4.69) is 42.1 Å². The van der Waals surface area contributed by atoms with Crippen LogP contribution in [0.5, 0.6) is 0 Å². The molecule has 4 amide bonds. The Bertz CT molecular complexity index is 2010. The van der Waals surface area contributed by atoms with Crippen molar-refractivity contribution < 1.29 is 19.2 Å². The Morgan fingerprint density at radius 2 is 1.64 bits per heavy atom. The van der Waals surface area contributed by atoms with E-state index in [1.165, 1.54) is 0 Å². The number of benzene rings is 2. The van der Waals surface area contributed by atoms with Gasteiger partial charge in [0.25, 0.3) is 11.8 Å². The number of carbonyl (C=O) groups is 4. The maximum atomic E-state index is 13.4. The molecule has 4 aromatic rings. The van der Waals surface area contributed by atoms with E-state index in [1.807, 2.05) is 47.4 Å². The van der Waals surface area contributed by atoms with Gasteiger partial charge in [0.15, 0.2) is 0 Å². The van der Waals surface area contributed by atoms with Crippen molar-refractivity contribution in [1.82, 2.24) is 34.6 Å². The summed E-state index contributed by atoms with van der Waals surface area (Å²) in [7, 11) is 3.54. The third-order valence-corrected chi connectivity index (χ3v) is 11.3. The van der Waals surface area contributed by atoms with Gasteiger partial charge in [-0.15, -0.1) is 0 Å². The van der Waals surface area contributed by atoms with E-state index in [0.717, 1.165) is 86.4 Å². The van der Waals surface area contributed by atoms with Crippen LogP contribution in [0.4, 0.5) is 17.3 Å². The maximum absolute atomic E-state index is 13.4. The van der Waals surface area contributed by atoms with Crippen molar-refractivity contribution in [2.75, 3.05) is 70.1 Å². The fourth-order valence-electron chi connectivity index (χ4n) is 8.33. The Kier molecular flexibility index (Phi) is 9.59. The van der Waals surface area contributed by atoms with Crippen LogP contribution in [-0.2, 0) is 9.59 Å². The summed E-state index contributed by atoms with van der Waals surface area (Å²) >= 11 is 0. The van der Waals surface area contributed by atoms with Gasteiger partial charge in [0.2, 0.25) is 17.8 Å². The van der Waals surface area contributed by atoms with Crippen LogP contribution in [-0.4, -0.2) is 113 Å². The highest BCUT2D eigenvalue weighted by Crippen LogP contribution is 2.35. The molecule has 2 aromatic heterocycles. The van der Waals surface area contributed by atoms with E-state index in [-0.39, 0.29) is 35.6 Å². The Morgan fingerprint density at radius 3 is 2.32 bits per heavy atom. The number of nitrogens with one attached hydrogen (secondary N) is 2. The SMILES string of the molecule is CN(C)C(=O)c1cc2cnc(Nc3ccc(C(=O)N4CCN(CC5CN(c6ccc(C7CCC(=O)NC7=O)cc6)C5)CC4)cc3)nc2n1C1CCCC1. The molecule has 4 aliphatic rings. The average Bonchev–Trinajstić information content (AvgIpc) is 3.81. The standard InChI is InChI=1S/C40H47N9O4/c1-45(2)39(53)34-21-29-22-41-40(44-36(29)49(34)32-5-3-4-6-32)42-30-11-7-28(8-12-30)38(52)47-19-17-46(18-20-47)23-26-24-48(25-26)31-13-9-27(10-14-31)33-15-16-35(50)43-37(33)51/h7-14,21-22,26,32-33H,3-6,15-20,23-25H2,1-2H3,(H,41,42,44)(H,43,50,51). The first-order valence-electron chi connectivity index (χ1n) is 18.9. The second-order valence-corrected chi connectivity index (χ2v) is 15.2. The summed E-state index contributed by atoms with van der Waals surface area (Å²) in [6.07, 6.45) is 7.06. The number of hydrogen-bond donors (Lipinski definition) is 2. The molecule has 8 rings (SSSR count). The molecule has 1 unspecified atom stereocenters. The van der Waals surface area contributed by atoms with Crippen LogP contribution in [0, 0.1) is 5.92 Å². The summed E-state index contributed by atoms with van der Waals surface area (Å²) in [4.78, 5) is 68.0. The van der Waals surface area contributed by atoms with Crippen molar-refractivity contribution in [2.24, 2.45) is 5.92 Å². The molecule has 0 bridgehead atoms. The van der Waals surface area contributed by atoms with Gasteiger partial charge in [-0.05, 0) is 67.3 Å². The van der Waals surface area contributed by atoms with E-state index < -0.39 is 0 Å². The summed E-state index contributed by atoms with van der Waals surface area (Å²) in [6.45, 7) is 6.09. The molecule has 53 heavy (non-hydrogen) atoms. The number of carbonyl (C=O) groups excluding carboxylic acids is 4. The Balaban J connectivity index is 0.817. The zero-order valence-electron chi connectivity index (χ0n) is 30.5. The van der Waals surface area contributed by atoms with Crippen LogP contribution in [0.1, 0.15) is 76.9 Å². The van der Waals surface area contributed by atoms with Gasteiger partial charge in [-0.25, -0.2) is 4.98 Å². The molecule has 0 radical (unpaired) electrons. The number of piperidine rings is 1. The van der Waals surface area contributed by atoms with E-state index in [4.69, 9.17) is 4.98 Å². The normalized spacial score (nSPS) is 20.1.